The highest BCUT2D eigenvalue weighted by atomic mass is 16.3. The fourth-order valence-electron chi connectivity index (χ4n) is 3.23. The van der Waals surface area contributed by atoms with E-state index in [1.165, 1.54) is 0 Å². The Morgan fingerprint density at radius 1 is 1.00 bits per heavy atom. The van der Waals surface area contributed by atoms with Crippen LogP contribution in [0.2, 0.25) is 0 Å². The van der Waals surface area contributed by atoms with Crippen molar-refractivity contribution in [1.82, 2.24) is 4.90 Å². The predicted molar refractivity (Wildman–Crippen MR) is 86.9 cm³/mol. The lowest BCUT2D eigenvalue weighted by atomic mass is 9.87. The maximum absolute atomic E-state index is 10.7. The number of hydrogen-bond donors (Lipinski definition) is 2. The van der Waals surface area contributed by atoms with Crippen molar-refractivity contribution in [2.45, 2.75) is 33.7 Å². The van der Waals surface area contributed by atoms with Gasteiger partial charge in [-0.1, -0.05) is 58.0 Å². The SMILES string of the molecule is CC(C)C1=C(O)C(c2ccccc2)=C(O)C(C(C)C)N1C. The van der Waals surface area contributed by atoms with Gasteiger partial charge in [-0.15, -0.1) is 0 Å². The molecule has 0 aliphatic carbocycles. The van der Waals surface area contributed by atoms with Gasteiger partial charge in [0.1, 0.15) is 11.5 Å². The first-order chi connectivity index (χ1) is 9.86. The van der Waals surface area contributed by atoms with Crippen LogP contribution in [0.1, 0.15) is 33.3 Å². The summed E-state index contributed by atoms with van der Waals surface area (Å²) in [7, 11) is 1.94. The first-order valence-electron chi connectivity index (χ1n) is 7.51. The Bertz CT molecular complexity index is 570. The van der Waals surface area contributed by atoms with E-state index >= 15 is 0 Å². The average molecular weight is 287 g/mol. The maximum Gasteiger partial charge on any atom is 0.146 e. The number of nitrogens with zero attached hydrogens (tertiary/aromatic N) is 1. The van der Waals surface area contributed by atoms with Crippen molar-refractivity contribution in [2.75, 3.05) is 7.05 Å². The Labute approximate surface area is 127 Å². The van der Waals surface area contributed by atoms with Crippen LogP contribution in [0.5, 0.6) is 0 Å². The second kappa shape index (κ2) is 5.84. The molecule has 0 radical (unpaired) electrons. The smallest absolute Gasteiger partial charge is 0.146 e. The summed E-state index contributed by atoms with van der Waals surface area (Å²) in [6.45, 7) is 8.29. The third-order valence-electron chi connectivity index (χ3n) is 4.05. The molecule has 0 fully saturated rings. The van der Waals surface area contributed by atoms with Crippen molar-refractivity contribution in [3.05, 3.63) is 53.1 Å². The molecule has 2 rings (SSSR count). The molecule has 2 N–H and O–H groups in total. The monoisotopic (exact) mass is 287 g/mol. The molecule has 1 aromatic carbocycles. The van der Waals surface area contributed by atoms with Gasteiger partial charge in [0.05, 0.1) is 17.3 Å². The third kappa shape index (κ3) is 2.65. The molecule has 1 aromatic rings. The van der Waals surface area contributed by atoms with Crippen LogP contribution in [0.4, 0.5) is 0 Å². The van der Waals surface area contributed by atoms with Gasteiger partial charge in [0.2, 0.25) is 0 Å². The number of allylic oxidation sites excluding steroid dienone is 2. The molecule has 1 heterocycles. The first-order valence-corrected chi connectivity index (χ1v) is 7.51. The molecule has 1 unspecified atom stereocenters. The van der Waals surface area contributed by atoms with Gasteiger partial charge in [0.15, 0.2) is 0 Å². The zero-order valence-corrected chi connectivity index (χ0v) is 13.5. The minimum absolute atomic E-state index is 0.117. The quantitative estimate of drug-likeness (QED) is 0.868. The Morgan fingerprint density at radius 3 is 2.05 bits per heavy atom. The molecule has 0 amide bonds. The third-order valence-corrected chi connectivity index (χ3v) is 4.05. The van der Waals surface area contributed by atoms with E-state index in [1.54, 1.807) is 0 Å². The van der Waals surface area contributed by atoms with E-state index in [4.69, 9.17) is 0 Å². The molecule has 0 bridgehead atoms. The molecular weight excluding hydrogens is 262 g/mol. The second-order valence-electron chi connectivity index (χ2n) is 6.31. The van der Waals surface area contributed by atoms with Crippen LogP contribution >= 0.6 is 0 Å². The number of likely N-dealkylation sites (N-methyl/N-ethyl adjacent to an activating group) is 1. The van der Waals surface area contributed by atoms with Gasteiger partial charge < -0.3 is 15.1 Å². The summed E-state index contributed by atoms with van der Waals surface area (Å²) < 4.78 is 0. The van der Waals surface area contributed by atoms with Crippen LogP contribution < -0.4 is 0 Å². The summed E-state index contributed by atoms with van der Waals surface area (Å²) in [6.07, 6.45) is 0. The van der Waals surface area contributed by atoms with Crippen LogP contribution in [0.25, 0.3) is 5.57 Å². The number of aliphatic hydroxyl groups excluding tert-OH is 2. The van der Waals surface area contributed by atoms with Crippen molar-refractivity contribution in [2.24, 2.45) is 11.8 Å². The van der Waals surface area contributed by atoms with Crippen LogP contribution in [0, 0.1) is 11.8 Å². The minimum atomic E-state index is -0.117. The van der Waals surface area contributed by atoms with Crippen molar-refractivity contribution in [3.8, 4) is 0 Å². The number of benzene rings is 1. The molecule has 0 aromatic heterocycles. The Hall–Kier alpha value is -1.90. The molecule has 21 heavy (non-hydrogen) atoms. The van der Waals surface area contributed by atoms with Crippen molar-refractivity contribution < 1.29 is 10.2 Å². The van der Waals surface area contributed by atoms with E-state index in [1.807, 2.05) is 42.3 Å². The van der Waals surface area contributed by atoms with E-state index in [0.717, 1.165) is 11.3 Å². The van der Waals surface area contributed by atoms with E-state index < -0.39 is 0 Å². The predicted octanol–water partition coefficient (Wildman–Crippen LogP) is 4.35. The number of rotatable bonds is 3. The summed E-state index contributed by atoms with van der Waals surface area (Å²) in [6, 6.07) is 9.49. The molecule has 0 saturated carbocycles. The molecule has 1 aliphatic rings. The van der Waals surface area contributed by atoms with Crippen molar-refractivity contribution in [3.63, 3.8) is 0 Å². The average Bonchev–Trinajstić information content (AvgIpc) is 2.38. The lowest BCUT2D eigenvalue weighted by molar-refractivity contribution is 0.174. The van der Waals surface area contributed by atoms with Gasteiger partial charge in [0, 0.05) is 7.05 Å². The maximum atomic E-state index is 10.7. The fourth-order valence-corrected chi connectivity index (χ4v) is 3.23. The molecule has 114 valence electrons. The molecule has 1 atom stereocenters. The van der Waals surface area contributed by atoms with Crippen molar-refractivity contribution >= 4 is 5.57 Å². The lowest BCUT2D eigenvalue weighted by Crippen LogP contribution is -2.42. The van der Waals surface area contributed by atoms with Gasteiger partial charge in [-0.25, -0.2) is 0 Å². The minimum Gasteiger partial charge on any atom is -0.509 e. The molecule has 3 heteroatoms. The Morgan fingerprint density at radius 2 is 1.57 bits per heavy atom. The molecule has 1 aliphatic heterocycles. The van der Waals surface area contributed by atoms with Gasteiger partial charge in [-0.3, -0.25) is 0 Å². The first kappa shape index (κ1) is 15.5. The highest BCUT2D eigenvalue weighted by molar-refractivity contribution is 5.80. The number of aliphatic hydroxyl groups is 2. The van der Waals surface area contributed by atoms with E-state index in [2.05, 4.69) is 27.7 Å². The highest BCUT2D eigenvalue weighted by Crippen LogP contribution is 2.39. The Balaban J connectivity index is 2.68. The zero-order valence-electron chi connectivity index (χ0n) is 13.5. The van der Waals surface area contributed by atoms with Crippen LogP contribution in [-0.4, -0.2) is 28.2 Å². The number of hydrogen-bond acceptors (Lipinski definition) is 3. The largest absolute Gasteiger partial charge is 0.509 e. The van der Waals surface area contributed by atoms with Crippen LogP contribution in [-0.2, 0) is 0 Å². The lowest BCUT2D eigenvalue weighted by Gasteiger charge is -2.40. The summed E-state index contributed by atoms with van der Waals surface area (Å²) in [5, 5.41) is 21.4. The summed E-state index contributed by atoms with van der Waals surface area (Å²) in [5.74, 6) is 0.868. The summed E-state index contributed by atoms with van der Waals surface area (Å²) in [4.78, 5) is 2.01. The van der Waals surface area contributed by atoms with Gasteiger partial charge in [-0.2, -0.15) is 0 Å². The summed E-state index contributed by atoms with van der Waals surface area (Å²) >= 11 is 0. The normalized spacial score (nSPS) is 20.0. The summed E-state index contributed by atoms with van der Waals surface area (Å²) in [5.41, 5.74) is 2.30. The van der Waals surface area contributed by atoms with Gasteiger partial charge in [-0.05, 0) is 17.4 Å². The van der Waals surface area contributed by atoms with E-state index in [9.17, 15) is 10.2 Å². The van der Waals surface area contributed by atoms with Crippen LogP contribution in [0.15, 0.2) is 47.5 Å². The van der Waals surface area contributed by atoms with E-state index in [0.29, 0.717) is 5.57 Å². The molecular formula is C18H25NO2. The molecule has 0 spiro atoms. The standard InChI is InChI=1S/C18H25NO2/c1-11(2)15-17(20)14(13-9-7-6-8-10-13)18(21)16(12(3)4)19(15)5/h6-12,15,20-21H,1-5H3. The molecule has 0 saturated heterocycles. The topological polar surface area (TPSA) is 43.7 Å². The van der Waals surface area contributed by atoms with Gasteiger partial charge >= 0.3 is 0 Å². The molecule has 3 nitrogen and oxygen atoms in total. The fraction of sp³-hybridized carbons (Fsp3) is 0.444. The second-order valence-corrected chi connectivity index (χ2v) is 6.31. The zero-order chi connectivity index (χ0) is 15.7. The van der Waals surface area contributed by atoms with Crippen molar-refractivity contribution in [1.29, 1.82) is 0 Å². The van der Waals surface area contributed by atoms with Gasteiger partial charge in [0.25, 0.3) is 0 Å². The highest BCUT2D eigenvalue weighted by Gasteiger charge is 2.36. The van der Waals surface area contributed by atoms with Crippen LogP contribution in [0.3, 0.4) is 0 Å². The Kier molecular flexibility index (Phi) is 4.31. The van der Waals surface area contributed by atoms with E-state index in [-0.39, 0.29) is 29.4 Å².